The Morgan fingerprint density at radius 1 is 1.29 bits per heavy atom. The first-order valence-corrected chi connectivity index (χ1v) is 9.33. The number of carbonyl (C=O) groups excluding carboxylic acids is 1. The number of aromatic nitrogens is 1. The highest BCUT2D eigenvalue weighted by atomic mass is 19.1. The van der Waals surface area contributed by atoms with E-state index in [-0.39, 0.29) is 17.6 Å². The van der Waals surface area contributed by atoms with Gasteiger partial charge in [-0.1, -0.05) is 11.2 Å². The molecule has 3 aromatic rings. The van der Waals surface area contributed by atoms with E-state index < -0.39 is 0 Å². The maximum absolute atomic E-state index is 13.3. The zero-order chi connectivity index (χ0) is 19.5. The molecular weight excluding hydrogens is 361 g/mol. The number of fused-ring (bicyclic) bond motifs is 1. The maximum Gasteiger partial charge on any atom is 0.238 e. The number of anilines is 1. The van der Waals surface area contributed by atoms with E-state index in [1.54, 1.807) is 19.2 Å². The molecule has 2 aromatic carbocycles. The van der Waals surface area contributed by atoms with Crippen LogP contribution in [0.3, 0.4) is 0 Å². The number of methoxy groups -OCH3 is 1. The van der Waals surface area contributed by atoms with E-state index in [0.717, 1.165) is 42.7 Å². The Kier molecular flexibility index (Phi) is 5.25. The summed E-state index contributed by atoms with van der Waals surface area (Å²) in [5.74, 6) is 0.587. The van der Waals surface area contributed by atoms with Gasteiger partial charge in [-0.05, 0) is 50.2 Å². The summed E-state index contributed by atoms with van der Waals surface area (Å²) < 4.78 is 23.8. The van der Waals surface area contributed by atoms with Crippen LogP contribution in [0.4, 0.5) is 10.1 Å². The second-order valence-corrected chi connectivity index (χ2v) is 7.04. The number of nitrogens with zero attached hydrogens (tertiary/aromatic N) is 2. The highest BCUT2D eigenvalue weighted by Gasteiger charge is 2.26. The SMILES string of the molecule is COc1cccc(NC(=O)CN2CCC(c3noc4cc(F)ccc34)CC2)c1. The number of amides is 1. The van der Waals surface area contributed by atoms with Crippen molar-refractivity contribution in [1.82, 2.24) is 10.1 Å². The molecule has 6 nitrogen and oxygen atoms in total. The quantitative estimate of drug-likeness (QED) is 0.726. The van der Waals surface area contributed by atoms with Crippen LogP contribution in [0.5, 0.6) is 5.75 Å². The second-order valence-electron chi connectivity index (χ2n) is 7.04. The number of nitrogens with one attached hydrogen (secondary N) is 1. The van der Waals surface area contributed by atoms with Crippen LogP contribution in [-0.2, 0) is 4.79 Å². The summed E-state index contributed by atoms with van der Waals surface area (Å²) in [5, 5.41) is 7.95. The predicted molar refractivity (Wildman–Crippen MR) is 104 cm³/mol. The zero-order valence-electron chi connectivity index (χ0n) is 15.7. The Bertz CT molecular complexity index is 980. The Balaban J connectivity index is 1.33. The number of ether oxygens (including phenoxy) is 1. The lowest BCUT2D eigenvalue weighted by Crippen LogP contribution is -2.38. The third kappa shape index (κ3) is 3.99. The lowest BCUT2D eigenvalue weighted by molar-refractivity contribution is -0.117. The van der Waals surface area contributed by atoms with Crippen molar-refractivity contribution in [2.45, 2.75) is 18.8 Å². The van der Waals surface area contributed by atoms with Gasteiger partial charge in [0.2, 0.25) is 5.91 Å². The van der Waals surface area contributed by atoms with Crippen LogP contribution in [0.2, 0.25) is 0 Å². The number of likely N-dealkylation sites (tertiary alicyclic amines) is 1. The smallest absolute Gasteiger partial charge is 0.238 e. The van der Waals surface area contributed by atoms with Crippen LogP contribution < -0.4 is 10.1 Å². The number of hydrogen-bond donors (Lipinski definition) is 1. The van der Waals surface area contributed by atoms with Crippen LogP contribution in [0.25, 0.3) is 11.0 Å². The van der Waals surface area contributed by atoms with Crippen molar-refractivity contribution in [3.8, 4) is 5.75 Å². The largest absolute Gasteiger partial charge is 0.497 e. The molecule has 1 aliphatic heterocycles. The fraction of sp³-hybridized carbons (Fsp3) is 0.333. The lowest BCUT2D eigenvalue weighted by Gasteiger charge is -2.30. The van der Waals surface area contributed by atoms with E-state index in [0.29, 0.717) is 17.9 Å². The molecule has 1 aromatic heterocycles. The lowest BCUT2D eigenvalue weighted by atomic mass is 9.91. The van der Waals surface area contributed by atoms with Crippen molar-refractivity contribution in [2.24, 2.45) is 0 Å². The summed E-state index contributed by atoms with van der Waals surface area (Å²) in [5.41, 5.74) is 2.09. The number of benzene rings is 2. The molecule has 2 heterocycles. The van der Waals surface area contributed by atoms with E-state index in [9.17, 15) is 9.18 Å². The normalized spacial score (nSPS) is 15.6. The molecule has 7 heteroatoms. The van der Waals surface area contributed by atoms with Gasteiger partial charge in [0.05, 0.1) is 19.3 Å². The van der Waals surface area contributed by atoms with E-state index in [2.05, 4.69) is 15.4 Å². The Morgan fingerprint density at radius 2 is 2.11 bits per heavy atom. The van der Waals surface area contributed by atoms with Gasteiger partial charge in [0.1, 0.15) is 11.6 Å². The average molecular weight is 383 g/mol. The Labute approximate surface area is 162 Å². The highest BCUT2D eigenvalue weighted by Crippen LogP contribution is 2.32. The molecule has 1 saturated heterocycles. The fourth-order valence-corrected chi connectivity index (χ4v) is 3.69. The van der Waals surface area contributed by atoms with Crippen LogP contribution in [-0.4, -0.2) is 42.7 Å². The van der Waals surface area contributed by atoms with Crippen LogP contribution >= 0.6 is 0 Å². The molecule has 0 bridgehead atoms. The first-order chi connectivity index (χ1) is 13.6. The van der Waals surface area contributed by atoms with Crippen molar-refractivity contribution in [2.75, 3.05) is 32.1 Å². The molecule has 28 heavy (non-hydrogen) atoms. The first-order valence-electron chi connectivity index (χ1n) is 9.33. The highest BCUT2D eigenvalue weighted by molar-refractivity contribution is 5.92. The Morgan fingerprint density at radius 3 is 2.89 bits per heavy atom. The molecule has 1 fully saturated rings. The van der Waals surface area contributed by atoms with Gasteiger partial charge in [0.15, 0.2) is 5.58 Å². The second kappa shape index (κ2) is 7.98. The number of halogens is 1. The standard InChI is InChI=1S/C21H22FN3O3/c1-27-17-4-2-3-16(12-17)23-20(26)13-25-9-7-14(8-10-25)21-18-6-5-15(22)11-19(18)28-24-21/h2-6,11-12,14H,7-10,13H2,1H3,(H,23,26). The molecule has 146 valence electrons. The first kappa shape index (κ1) is 18.4. The van der Waals surface area contributed by atoms with E-state index >= 15 is 0 Å². The molecule has 0 saturated carbocycles. The topological polar surface area (TPSA) is 67.6 Å². The molecule has 1 amide bonds. The van der Waals surface area contributed by atoms with Crippen molar-refractivity contribution < 1.29 is 18.4 Å². The molecule has 4 rings (SSSR count). The third-order valence-electron chi connectivity index (χ3n) is 5.16. The van der Waals surface area contributed by atoms with Gasteiger partial charge in [0, 0.05) is 29.1 Å². The molecule has 0 radical (unpaired) electrons. The van der Waals surface area contributed by atoms with Crippen molar-refractivity contribution in [3.63, 3.8) is 0 Å². The molecule has 0 atom stereocenters. The minimum atomic E-state index is -0.327. The van der Waals surface area contributed by atoms with Crippen LogP contribution in [0, 0.1) is 5.82 Å². The van der Waals surface area contributed by atoms with Gasteiger partial charge in [-0.3, -0.25) is 9.69 Å². The fourth-order valence-electron chi connectivity index (χ4n) is 3.69. The molecule has 0 aliphatic carbocycles. The molecular formula is C21H22FN3O3. The Hall–Kier alpha value is -2.93. The van der Waals surface area contributed by atoms with E-state index in [1.807, 2.05) is 18.2 Å². The molecule has 1 aliphatic rings. The van der Waals surface area contributed by atoms with Gasteiger partial charge >= 0.3 is 0 Å². The van der Waals surface area contributed by atoms with Gasteiger partial charge in [-0.2, -0.15) is 0 Å². The van der Waals surface area contributed by atoms with Gasteiger partial charge < -0.3 is 14.6 Å². The summed E-state index contributed by atoms with van der Waals surface area (Å²) in [4.78, 5) is 14.5. The minimum Gasteiger partial charge on any atom is -0.497 e. The maximum atomic E-state index is 13.3. The van der Waals surface area contributed by atoms with Gasteiger partial charge in [-0.25, -0.2) is 4.39 Å². The molecule has 0 unspecified atom stereocenters. The summed E-state index contributed by atoms with van der Waals surface area (Å²) in [6, 6.07) is 11.8. The van der Waals surface area contributed by atoms with Crippen molar-refractivity contribution in [1.29, 1.82) is 0 Å². The minimum absolute atomic E-state index is 0.0472. The van der Waals surface area contributed by atoms with Gasteiger partial charge in [-0.15, -0.1) is 0 Å². The number of piperidine rings is 1. The van der Waals surface area contributed by atoms with E-state index in [1.165, 1.54) is 12.1 Å². The zero-order valence-corrected chi connectivity index (χ0v) is 15.7. The summed E-state index contributed by atoms with van der Waals surface area (Å²) >= 11 is 0. The number of rotatable bonds is 5. The van der Waals surface area contributed by atoms with Gasteiger partial charge in [0.25, 0.3) is 0 Å². The van der Waals surface area contributed by atoms with Crippen LogP contribution in [0.1, 0.15) is 24.5 Å². The van der Waals surface area contributed by atoms with Crippen LogP contribution in [0.15, 0.2) is 47.0 Å². The third-order valence-corrected chi connectivity index (χ3v) is 5.16. The average Bonchev–Trinajstić information content (AvgIpc) is 3.11. The predicted octanol–water partition coefficient (Wildman–Crippen LogP) is 3.79. The summed E-state index contributed by atoms with van der Waals surface area (Å²) in [7, 11) is 1.60. The molecule has 1 N–H and O–H groups in total. The number of carbonyl (C=O) groups is 1. The van der Waals surface area contributed by atoms with Crippen molar-refractivity contribution in [3.05, 3.63) is 54.0 Å². The summed E-state index contributed by atoms with van der Waals surface area (Å²) in [6.07, 6.45) is 1.76. The van der Waals surface area contributed by atoms with Crippen molar-refractivity contribution >= 4 is 22.6 Å². The van der Waals surface area contributed by atoms with E-state index in [4.69, 9.17) is 9.26 Å². The monoisotopic (exact) mass is 383 g/mol. The molecule has 0 spiro atoms. The summed E-state index contributed by atoms with van der Waals surface area (Å²) in [6.45, 7) is 1.94. The number of hydrogen-bond acceptors (Lipinski definition) is 5.